The molecule has 0 aromatic heterocycles. The van der Waals surface area contributed by atoms with Gasteiger partial charge in [-0.25, -0.2) is 12.7 Å². The van der Waals surface area contributed by atoms with Gasteiger partial charge in [-0.2, -0.15) is 0 Å². The molecule has 1 fully saturated rings. The number of hydrogen-bond acceptors (Lipinski definition) is 3. The van der Waals surface area contributed by atoms with E-state index in [4.69, 9.17) is 0 Å². The minimum absolute atomic E-state index is 0.100. The number of sulfonamides is 1. The highest BCUT2D eigenvalue weighted by atomic mass is 32.2. The largest absolute Gasteiger partial charge is 0.341 e. The van der Waals surface area contributed by atoms with Gasteiger partial charge in [0.15, 0.2) is 0 Å². The van der Waals surface area contributed by atoms with Gasteiger partial charge in [-0.3, -0.25) is 4.79 Å². The van der Waals surface area contributed by atoms with Gasteiger partial charge in [-0.05, 0) is 18.4 Å². The van der Waals surface area contributed by atoms with E-state index in [9.17, 15) is 13.2 Å². The first-order chi connectivity index (χ1) is 10.5. The Hall–Kier alpha value is -1.40. The fraction of sp³-hybridized carbons (Fsp3) is 0.562. The van der Waals surface area contributed by atoms with Gasteiger partial charge in [0.1, 0.15) is 0 Å². The molecule has 0 N–H and O–H groups in total. The molecule has 5 nitrogen and oxygen atoms in total. The van der Waals surface area contributed by atoms with Crippen LogP contribution < -0.4 is 0 Å². The number of hydrogen-bond donors (Lipinski definition) is 0. The summed E-state index contributed by atoms with van der Waals surface area (Å²) >= 11 is 0. The first-order valence-electron chi connectivity index (χ1n) is 7.82. The summed E-state index contributed by atoms with van der Waals surface area (Å²) in [4.78, 5) is 13.5. The number of carbonyl (C=O) groups is 1. The van der Waals surface area contributed by atoms with Crippen LogP contribution in [0.15, 0.2) is 30.3 Å². The van der Waals surface area contributed by atoms with Gasteiger partial charge in [0, 0.05) is 32.6 Å². The average molecular weight is 324 g/mol. The summed E-state index contributed by atoms with van der Waals surface area (Å²) in [6, 6.07) is 9.65. The lowest BCUT2D eigenvalue weighted by molar-refractivity contribution is -0.130. The van der Waals surface area contributed by atoms with Crippen molar-refractivity contribution in [1.29, 1.82) is 0 Å². The number of nitrogens with zero attached hydrogens (tertiary/aromatic N) is 2. The third-order valence-corrected chi connectivity index (χ3v) is 5.87. The van der Waals surface area contributed by atoms with Gasteiger partial charge < -0.3 is 4.90 Å². The summed E-state index contributed by atoms with van der Waals surface area (Å²) in [6.07, 6.45) is 1.70. The molecule has 0 atom stereocenters. The molecule has 1 aliphatic rings. The minimum atomic E-state index is -3.27. The van der Waals surface area contributed by atoms with Crippen molar-refractivity contribution in [2.45, 2.75) is 26.2 Å². The van der Waals surface area contributed by atoms with E-state index in [-0.39, 0.29) is 11.7 Å². The SMILES string of the molecule is CCC(=O)N1CCCN(S(=O)(=O)CCc2ccccc2)CC1. The normalized spacial score (nSPS) is 17.2. The van der Waals surface area contributed by atoms with E-state index in [2.05, 4.69) is 0 Å². The van der Waals surface area contributed by atoms with Gasteiger partial charge in [0.25, 0.3) is 0 Å². The van der Waals surface area contributed by atoms with Crippen molar-refractivity contribution < 1.29 is 13.2 Å². The topological polar surface area (TPSA) is 57.7 Å². The number of carbonyl (C=O) groups excluding carboxylic acids is 1. The van der Waals surface area contributed by atoms with Crippen molar-refractivity contribution in [2.24, 2.45) is 0 Å². The fourth-order valence-corrected chi connectivity index (χ4v) is 4.18. The Morgan fingerprint density at radius 1 is 1.09 bits per heavy atom. The Labute approximate surface area is 133 Å². The summed E-state index contributed by atoms with van der Waals surface area (Å²) in [5, 5.41) is 0. The Morgan fingerprint density at radius 3 is 2.50 bits per heavy atom. The van der Waals surface area contributed by atoms with Gasteiger partial charge in [0.05, 0.1) is 5.75 Å². The zero-order valence-electron chi connectivity index (χ0n) is 13.1. The molecule has 1 heterocycles. The summed E-state index contributed by atoms with van der Waals surface area (Å²) in [6.45, 7) is 3.89. The molecule has 0 bridgehead atoms. The van der Waals surface area contributed by atoms with E-state index >= 15 is 0 Å². The molecule has 0 spiro atoms. The van der Waals surface area contributed by atoms with Crippen molar-refractivity contribution in [3.05, 3.63) is 35.9 Å². The summed E-state index contributed by atoms with van der Waals surface area (Å²) in [5.41, 5.74) is 1.03. The zero-order chi connectivity index (χ0) is 16.0. The maximum absolute atomic E-state index is 12.5. The predicted octanol–water partition coefficient (Wildman–Crippen LogP) is 1.50. The second-order valence-electron chi connectivity index (χ2n) is 5.54. The van der Waals surface area contributed by atoms with Crippen LogP contribution in [0.2, 0.25) is 0 Å². The fourth-order valence-electron chi connectivity index (χ4n) is 2.67. The Morgan fingerprint density at radius 2 is 1.82 bits per heavy atom. The number of benzene rings is 1. The molecule has 1 aliphatic heterocycles. The van der Waals surface area contributed by atoms with Crippen LogP contribution in [0.5, 0.6) is 0 Å². The van der Waals surface area contributed by atoms with Crippen LogP contribution in [0, 0.1) is 0 Å². The van der Waals surface area contributed by atoms with Crippen LogP contribution in [0.1, 0.15) is 25.3 Å². The Kier molecular flexibility index (Phi) is 5.97. The van der Waals surface area contributed by atoms with E-state index in [0.29, 0.717) is 45.4 Å². The second-order valence-corrected chi connectivity index (χ2v) is 7.63. The average Bonchev–Trinajstić information content (AvgIpc) is 2.80. The molecular weight excluding hydrogens is 300 g/mol. The lowest BCUT2D eigenvalue weighted by Crippen LogP contribution is -2.38. The maximum atomic E-state index is 12.5. The van der Waals surface area contributed by atoms with Gasteiger partial charge in [0.2, 0.25) is 15.9 Å². The molecule has 1 saturated heterocycles. The summed E-state index contributed by atoms with van der Waals surface area (Å²) in [5.74, 6) is 0.224. The minimum Gasteiger partial charge on any atom is -0.341 e. The van der Waals surface area contributed by atoms with Gasteiger partial charge in [-0.15, -0.1) is 0 Å². The molecule has 0 unspecified atom stereocenters. The van der Waals surface area contributed by atoms with E-state index < -0.39 is 10.0 Å². The summed E-state index contributed by atoms with van der Waals surface area (Å²) < 4.78 is 26.5. The standard InChI is InChI=1S/C16H24N2O3S/c1-2-16(19)17-10-6-11-18(13-12-17)22(20,21)14-9-15-7-4-3-5-8-15/h3-5,7-8H,2,6,9-14H2,1H3. The van der Waals surface area contributed by atoms with E-state index in [1.165, 1.54) is 0 Å². The molecule has 1 aromatic rings. The molecule has 6 heteroatoms. The lowest BCUT2D eigenvalue weighted by Gasteiger charge is -2.21. The highest BCUT2D eigenvalue weighted by molar-refractivity contribution is 7.89. The van der Waals surface area contributed by atoms with Crippen LogP contribution >= 0.6 is 0 Å². The van der Waals surface area contributed by atoms with Crippen LogP contribution in [-0.2, 0) is 21.2 Å². The van der Waals surface area contributed by atoms with Crippen molar-refractivity contribution in [3.8, 4) is 0 Å². The molecule has 1 amide bonds. The zero-order valence-corrected chi connectivity index (χ0v) is 13.9. The molecule has 1 aromatic carbocycles. The molecule has 22 heavy (non-hydrogen) atoms. The van der Waals surface area contributed by atoms with Gasteiger partial charge >= 0.3 is 0 Å². The van der Waals surface area contributed by atoms with Crippen LogP contribution in [0.3, 0.4) is 0 Å². The van der Waals surface area contributed by atoms with E-state index in [1.54, 1.807) is 9.21 Å². The first kappa shape index (κ1) is 17.0. The number of rotatable bonds is 5. The van der Waals surface area contributed by atoms with Crippen molar-refractivity contribution in [3.63, 3.8) is 0 Å². The Bertz CT molecular complexity index is 587. The van der Waals surface area contributed by atoms with Crippen molar-refractivity contribution in [1.82, 2.24) is 9.21 Å². The molecule has 0 saturated carbocycles. The first-order valence-corrected chi connectivity index (χ1v) is 9.43. The Balaban J connectivity index is 1.93. The highest BCUT2D eigenvalue weighted by Gasteiger charge is 2.26. The van der Waals surface area contributed by atoms with Crippen molar-refractivity contribution >= 4 is 15.9 Å². The van der Waals surface area contributed by atoms with Crippen LogP contribution in [0.4, 0.5) is 0 Å². The lowest BCUT2D eigenvalue weighted by atomic mass is 10.2. The second kappa shape index (κ2) is 7.74. The smallest absolute Gasteiger partial charge is 0.222 e. The molecule has 122 valence electrons. The highest BCUT2D eigenvalue weighted by Crippen LogP contribution is 2.11. The molecule has 0 radical (unpaired) electrons. The van der Waals surface area contributed by atoms with Crippen LogP contribution in [0.25, 0.3) is 0 Å². The van der Waals surface area contributed by atoms with Gasteiger partial charge in [-0.1, -0.05) is 37.3 Å². The molecule has 0 aliphatic carbocycles. The number of aryl methyl sites for hydroxylation is 1. The molecule has 2 rings (SSSR count). The maximum Gasteiger partial charge on any atom is 0.222 e. The number of amides is 1. The van der Waals surface area contributed by atoms with E-state index in [1.807, 2.05) is 37.3 Å². The van der Waals surface area contributed by atoms with E-state index in [0.717, 1.165) is 5.56 Å². The van der Waals surface area contributed by atoms with Crippen molar-refractivity contribution in [2.75, 3.05) is 31.9 Å². The quantitative estimate of drug-likeness (QED) is 0.825. The summed E-state index contributed by atoms with van der Waals surface area (Å²) in [7, 11) is -3.27. The monoisotopic (exact) mass is 324 g/mol. The predicted molar refractivity (Wildman–Crippen MR) is 87.0 cm³/mol. The van der Waals surface area contributed by atoms with Crippen LogP contribution in [-0.4, -0.2) is 55.5 Å². The third kappa shape index (κ3) is 4.55. The molecular formula is C16H24N2O3S. The third-order valence-electron chi connectivity index (χ3n) is 3.99.